The summed E-state index contributed by atoms with van der Waals surface area (Å²) in [5.41, 5.74) is 6.67. The molecule has 0 aromatic heterocycles. The second-order valence-corrected chi connectivity index (χ2v) is 8.77. The molecule has 180 valence electrons. The minimum Gasteiger partial charge on any atom is -0.480 e. The Morgan fingerprint density at radius 1 is 0.833 bits per heavy atom. The lowest BCUT2D eigenvalue weighted by atomic mass is 9.98. The molecule has 1 aliphatic carbocycles. The smallest absolute Gasteiger partial charge is 0.407 e. The first-order valence-corrected chi connectivity index (χ1v) is 11.7. The van der Waals surface area contributed by atoms with Crippen molar-refractivity contribution in [2.75, 3.05) is 6.61 Å². The Morgan fingerprint density at radius 2 is 1.47 bits per heavy atom. The van der Waals surface area contributed by atoms with Crippen LogP contribution in [0, 0.1) is 5.82 Å². The van der Waals surface area contributed by atoms with Crippen LogP contribution in [0.25, 0.3) is 22.3 Å². The topological polar surface area (TPSA) is 75.6 Å². The summed E-state index contributed by atoms with van der Waals surface area (Å²) in [7, 11) is 0. The van der Waals surface area contributed by atoms with Crippen molar-refractivity contribution < 1.29 is 23.8 Å². The van der Waals surface area contributed by atoms with Crippen LogP contribution in [-0.2, 0) is 16.0 Å². The van der Waals surface area contributed by atoms with Gasteiger partial charge in [0.05, 0.1) is 0 Å². The lowest BCUT2D eigenvalue weighted by molar-refractivity contribution is -0.139. The maximum absolute atomic E-state index is 13.5. The van der Waals surface area contributed by atoms with E-state index in [0.29, 0.717) is 0 Å². The van der Waals surface area contributed by atoms with Crippen molar-refractivity contribution in [3.05, 3.63) is 120 Å². The lowest BCUT2D eigenvalue weighted by Crippen LogP contribution is -2.42. The number of hydrogen-bond acceptors (Lipinski definition) is 3. The molecule has 36 heavy (non-hydrogen) atoms. The Bertz CT molecular complexity index is 1370. The molecule has 1 amide bonds. The number of rotatable bonds is 7. The number of fused-ring (bicyclic) bond motifs is 3. The number of ether oxygens (including phenoxy) is 1. The number of hydrogen-bond donors (Lipinski definition) is 2. The number of aliphatic carboxylic acids is 1. The van der Waals surface area contributed by atoms with Gasteiger partial charge < -0.3 is 15.2 Å². The third-order valence-corrected chi connectivity index (χ3v) is 6.49. The van der Waals surface area contributed by atoms with Gasteiger partial charge in [-0.05, 0) is 51.1 Å². The number of amides is 1. The Hall–Kier alpha value is -4.45. The van der Waals surface area contributed by atoms with Gasteiger partial charge in [-0.1, -0.05) is 84.9 Å². The predicted molar refractivity (Wildman–Crippen MR) is 135 cm³/mol. The van der Waals surface area contributed by atoms with Crippen LogP contribution >= 0.6 is 0 Å². The monoisotopic (exact) mass is 481 g/mol. The fourth-order valence-corrected chi connectivity index (χ4v) is 4.72. The van der Waals surface area contributed by atoms with Gasteiger partial charge in [0.15, 0.2) is 0 Å². The number of carbonyl (C=O) groups excluding carboxylic acids is 1. The highest BCUT2D eigenvalue weighted by Crippen LogP contribution is 2.44. The minimum absolute atomic E-state index is 0.0863. The summed E-state index contributed by atoms with van der Waals surface area (Å²) >= 11 is 0. The summed E-state index contributed by atoms with van der Waals surface area (Å²) in [6, 6.07) is 28.3. The standard InChI is InChI=1S/C30H24FNO4/c31-22-7-5-6-21(17-22)20-14-12-19(13-15-20)16-28(29(33)34)32-30(35)36-18-27-25-10-3-1-8-23(25)24-9-2-4-11-26(24)27/h1-15,17,27-28H,16,18H2,(H,32,35)(H,33,34). The number of carboxylic acids is 1. The van der Waals surface area contributed by atoms with Crippen molar-refractivity contribution in [2.45, 2.75) is 18.4 Å². The van der Waals surface area contributed by atoms with Crippen molar-refractivity contribution >= 4 is 12.1 Å². The average Bonchev–Trinajstić information content (AvgIpc) is 3.21. The van der Waals surface area contributed by atoms with E-state index in [1.807, 2.05) is 48.5 Å². The highest BCUT2D eigenvalue weighted by atomic mass is 19.1. The first kappa shape index (κ1) is 23.3. The molecule has 0 spiro atoms. The number of alkyl carbamates (subject to hydrolysis) is 1. The molecular formula is C30H24FNO4. The Labute approximate surface area is 208 Å². The molecule has 0 radical (unpaired) electrons. The molecule has 0 saturated carbocycles. The molecule has 6 heteroatoms. The summed E-state index contributed by atoms with van der Waals surface area (Å²) in [5.74, 6) is -1.59. The average molecular weight is 482 g/mol. The van der Waals surface area contributed by atoms with Gasteiger partial charge in [0, 0.05) is 12.3 Å². The molecule has 1 atom stereocenters. The molecule has 1 unspecified atom stereocenters. The largest absolute Gasteiger partial charge is 0.480 e. The van der Waals surface area contributed by atoms with Gasteiger partial charge >= 0.3 is 12.1 Å². The number of halogens is 1. The van der Waals surface area contributed by atoms with Crippen LogP contribution in [0.5, 0.6) is 0 Å². The van der Waals surface area contributed by atoms with Gasteiger partial charge in [-0.2, -0.15) is 0 Å². The van der Waals surface area contributed by atoms with Gasteiger partial charge in [0.25, 0.3) is 0 Å². The molecule has 0 heterocycles. The second-order valence-electron chi connectivity index (χ2n) is 8.77. The predicted octanol–water partition coefficient (Wildman–Crippen LogP) is 6.03. The van der Waals surface area contributed by atoms with Crippen LogP contribution in [0.15, 0.2) is 97.1 Å². The van der Waals surface area contributed by atoms with E-state index in [2.05, 4.69) is 5.32 Å². The molecule has 0 aliphatic heterocycles. The van der Waals surface area contributed by atoms with Crippen LogP contribution < -0.4 is 5.32 Å². The van der Waals surface area contributed by atoms with E-state index in [0.717, 1.165) is 38.9 Å². The molecule has 0 saturated heterocycles. The Morgan fingerprint density at radius 3 is 2.08 bits per heavy atom. The van der Waals surface area contributed by atoms with E-state index < -0.39 is 18.1 Å². The van der Waals surface area contributed by atoms with Crippen molar-refractivity contribution in [2.24, 2.45) is 0 Å². The maximum Gasteiger partial charge on any atom is 0.407 e. The van der Waals surface area contributed by atoms with Crippen LogP contribution in [-0.4, -0.2) is 29.8 Å². The fraction of sp³-hybridized carbons (Fsp3) is 0.133. The quantitative estimate of drug-likeness (QED) is 0.338. The van der Waals surface area contributed by atoms with Gasteiger partial charge in [-0.3, -0.25) is 0 Å². The second kappa shape index (κ2) is 10.0. The number of nitrogens with one attached hydrogen (secondary N) is 1. The van der Waals surface area contributed by atoms with Crippen molar-refractivity contribution in [1.29, 1.82) is 0 Å². The Balaban J connectivity index is 1.23. The number of benzene rings is 4. The third-order valence-electron chi connectivity index (χ3n) is 6.49. The van der Waals surface area contributed by atoms with Crippen LogP contribution in [0.3, 0.4) is 0 Å². The molecule has 5 nitrogen and oxygen atoms in total. The zero-order valence-corrected chi connectivity index (χ0v) is 19.4. The third kappa shape index (κ3) is 4.84. The molecule has 2 N–H and O–H groups in total. The summed E-state index contributed by atoms with van der Waals surface area (Å²) in [6.45, 7) is 0.106. The molecule has 4 aromatic carbocycles. The number of carboxylic acid groups (broad SMARTS) is 1. The van der Waals surface area contributed by atoms with Crippen LogP contribution in [0.4, 0.5) is 9.18 Å². The molecule has 0 bridgehead atoms. The summed E-state index contributed by atoms with van der Waals surface area (Å²) in [4.78, 5) is 24.4. The normalized spacial score (nSPS) is 12.9. The molecule has 5 rings (SSSR count). The highest BCUT2D eigenvalue weighted by molar-refractivity contribution is 5.81. The summed E-state index contributed by atoms with van der Waals surface area (Å²) in [5, 5.41) is 12.2. The van der Waals surface area contributed by atoms with E-state index in [-0.39, 0.29) is 24.8 Å². The maximum atomic E-state index is 13.5. The van der Waals surface area contributed by atoms with Gasteiger partial charge in [-0.25, -0.2) is 14.0 Å². The van der Waals surface area contributed by atoms with E-state index >= 15 is 0 Å². The first-order chi connectivity index (χ1) is 17.5. The zero-order valence-electron chi connectivity index (χ0n) is 19.4. The zero-order chi connectivity index (χ0) is 25.1. The highest BCUT2D eigenvalue weighted by Gasteiger charge is 2.29. The molecule has 4 aromatic rings. The van der Waals surface area contributed by atoms with E-state index in [4.69, 9.17) is 4.74 Å². The van der Waals surface area contributed by atoms with Crippen molar-refractivity contribution in [3.63, 3.8) is 0 Å². The molecule has 1 aliphatic rings. The fourth-order valence-electron chi connectivity index (χ4n) is 4.72. The van der Waals surface area contributed by atoms with Crippen molar-refractivity contribution in [1.82, 2.24) is 5.32 Å². The summed E-state index contributed by atoms with van der Waals surface area (Å²) < 4.78 is 19.0. The van der Waals surface area contributed by atoms with Crippen LogP contribution in [0.1, 0.15) is 22.6 Å². The first-order valence-electron chi connectivity index (χ1n) is 11.7. The van der Waals surface area contributed by atoms with E-state index in [1.165, 1.54) is 12.1 Å². The molecular weight excluding hydrogens is 457 g/mol. The minimum atomic E-state index is -1.15. The SMILES string of the molecule is O=C(NC(Cc1ccc(-c2cccc(F)c2)cc1)C(=O)O)OCC1c2ccccc2-c2ccccc21. The van der Waals surface area contributed by atoms with Gasteiger partial charge in [0.1, 0.15) is 18.5 Å². The Kier molecular flexibility index (Phi) is 6.50. The van der Waals surface area contributed by atoms with Gasteiger partial charge in [0.2, 0.25) is 0 Å². The molecule has 0 fully saturated rings. The van der Waals surface area contributed by atoms with E-state index in [1.54, 1.807) is 36.4 Å². The summed E-state index contributed by atoms with van der Waals surface area (Å²) in [6.07, 6.45) is -0.691. The van der Waals surface area contributed by atoms with E-state index in [9.17, 15) is 19.1 Å². The lowest BCUT2D eigenvalue weighted by Gasteiger charge is -2.17. The van der Waals surface area contributed by atoms with Crippen LogP contribution in [0.2, 0.25) is 0 Å². The van der Waals surface area contributed by atoms with Gasteiger partial charge in [-0.15, -0.1) is 0 Å². The number of carbonyl (C=O) groups is 2. The van der Waals surface area contributed by atoms with Crippen molar-refractivity contribution in [3.8, 4) is 22.3 Å².